The van der Waals surface area contributed by atoms with Gasteiger partial charge in [0.25, 0.3) is 0 Å². The molecule has 2 aromatic rings. The van der Waals surface area contributed by atoms with Crippen molar-refractivity contribution in [2.24, 2.45) is 0 Å². The maximum atomic E-state index is 13.2. The zero-order valence-electron chi connectivity index (χ0n) is 15.9. The molecule has 0 spiro atoms. The monoisotopic (exact) mass is 396 g/mol. The molecular weight excluding hydrogens is 371 g/mol. The number of piperidine rings is 1. The van der Waals surface area contributed by atoms with Crippen LogP contribution in [-0.4, -0.2) is 49.2 Å². The first-order valence-corrected chi connectivity index (χ1v) is 11.2. The molecule has 0 radical (unpaired) electrons. The molecule has 3 heterocycles. The van der Waals surface area contributed by atoms with Crippen LogP contribution < -0.4 is 4.90 Å². The summed E-state index contributed by atoms with van der Waals surface area (Å²) in [6.45, 7) is 4.22. The summed E-state index contributed by atoms with van der Waals surface area (Å²) in [5, 5.41) is 0. The lowest BCUT2D eigenvalue weighted by molar-refractivity contribution is -0.109. The molecular formula is C23H25FN2OS. The Morgan fingerprint density at radius 1 is 1.18 bits per heavy atom. The molecule has 0 aromatic heterocycles. The Hall–Kier alpha value is -1.85. The molecule has 0 bridgehead atoms. The minimum absolute atomic E-state index is 0.157. The maximum Gasteiger partial charge on any atom is 0.127 e. The van der Waals surface area contributed by atoms with Crippen molar-refractivity contribution in [3.8, 4) is 0 Å². The number of thioether (sulfide) groups is 1. The topological polar surface area (TPSA) is 23.6 Å². The highest BCUT2D eigenvalue weighted by Gasteiger charge is 2.43. The number of aldehydes is 1. The molecule has 3 atom stereocenters. The van der Waals surface area contributed by atoms with Crippen molar-refractivity contribution in [1.29, 1.82) is 0 Å². The number of para-hydroxylation sites is 1. The van der Waals surface area contributed by atoms with Gasteiger partial charge in [0.15, 0.2) is 0 Å². The van der Waals surface area contributed by atoms with E-state index in [1.807, 2.05) is 11.8 Å². The first-order valence-electron chi connectivity index (χ1n) is 10.2. The Morgan fingerprint density at radius 2 is 2.04 bits per heavy atom. The van der Waals surface area contributed by atoms with Crippen LogP contribution in [0.3, 0.4) is 0 Å². The number of halogens is 1. The molecule has 5 rings (SSSR count). The molecule has 0 saturated carbocycles. The van der Waals surface area contributed by atoms with E-state index in [2.05, 4.69) is 28.0 Å². The highest BCUT2D eigenvalue weighted by Crippen LogP contribution is 2.50. The second-order valence-electron chi connectivity index (χ2n) is 8.08. The number of likely N-dealkylation sites (tertiary alicyclic amines) is 1. The molecule has 3 aliphatic rings. The van der Waals surface area contributed by atoms with Gasteiger partial charge in [-0.25, -0.2) is 4.39 Å². The van der Waals surface area contributed by atoms with Crippen LogP contribution in [0.5, 0.6) is 0 Å². The first-order chi connectivity index (χ1) is 13.7. The van der Waals surface area contributed by atoms with Crippen LogP contribution in [-0.2, 0) is 4.79 Å². The highest BCUT2D eigenvalue weighted by atomic mass is 32.2. The van der Waals surface area contributed by atoms with Gasteiger partial charge < -0.3 is 14.6 Å². The number of rotatable bonds is 5. The summed E-state index contributed by atoms with van der Waals surface area (Å²) in [7, 11) is 0. The summed E-state index contributed by atoms with van der Waals surface area (Å²) in [6.07, 6.45) is 2.99. The molecule has 5 heteroatoms. The molecule has 3 nitrogen and oxygen atoms in total. The van der Waals surface area contributed by atoms with Crippen molar-refractivity contribution < 1.29 is 9.18 Å². The molecule has 28 heavy (non-hydrogen) atoms. The third-order valence-electron chi connectivity index (χ3n) is 6.59. The average Bonchev–Trinajstić information content (AvgIpc) is 3.05. The van der Waals surface area contributed by atoms with Crippen LogP contribution in [0.25, 0.3) is 0 Å². The highest BCUT2D eigenvalue weighted by molar-refractivity contribution is 7.99. The molecule has 0 aliphatic carbocycles. The van der Waals surface area contributed by atoms with Gasteiger partial charge in [0.2, 0.25) is 0 Å². The van der Waals surface area contributed by atoms with Gasteiger partial charge in [-0.15, -0.1) is 11.8 Å². The van der Waals surface area contributed by atoms with Crippen LogP contribution in [0.2, 0.25) is 0 Å². The number of anilines is 1. The van der Waals surface area contributed by atoms with Crippen molar-refractivity contribution in [3.63, 3.8) is 0 Å². The minimum Gasteiger partial charge on any atom is -0.366 e. The fraction of sp³-hybridized carbons (Fsp3) is 0.435. The summed E-state index contributed by atoms with van der Waals surface area (Å²) in [6, 6.07) is 13.8. The summed E-state index contributed by atoms with van der Waals surface area (Å²) >= 11 is 1.99. The molecule has 1 fully saturated rings. The third kappa shape index (κ3) is 3.15. The Morgan fingerprint density at radius 3 is 2.86 bits per heavy atom. The quantitative estimate of drug-likeness (QED) is 0.704. The zero-order chi connectivity index (χ0) is 19.1. The Bertz CT molecular complexity index is 871. The third-order valence-corrected chi connectivity index (χ3v) is 7.61. The lowest BCUT2D eigenvalue weighted by Crippen LogP contribution is -2.47. The maximum absolute atomic E-state index is 13.2. The van der Waals surface area contributed by atoms with E-state index in [0.717, 1.165) is 44.4 Å². The van der Waals surface area contributed by atoms with E-state index in [1.54, 1.807) is 12.1 Å². The molecule has 146 valence electrons. The Balaban J connectivity index is 1.28. The van der Waals surface area contributed by atoms with E-state index in [4.69, 9.17) is 0 Å². The molecule has 2 aromatic carbocycles. The van der Waals surface area contributed by atoms with Gasteiger partial charge in [0, 0.05) is 48.2 Å². The predicted octanol–water partition coefficient (Wildman–Crippen LogP) is 4.28. The van der Waals surface area contributed by atoms with E-state index in [0.29, 0.717) is 12.0 Å². The number of hydrogen-bond acceptors (Lipinski definition) is 4. The smallest absolute Gasteiger partial charge is 0.127 e. The largest absolute Gasteiger partial charge is 0.366 e. The minimum atomic E-state index is -0.255. The number of nitrogens with zero attached hydrogens (tertiary/aromatic N) is 2. The number of benzene rings is 2. The predicted molar refractivity (Wildman–Crippen MR) is 112 cm³/mol. The van der Waals surface area contributed by atoms with Crippen molar-refractivity contribution in [2.45, 2.75) is 35.6 Å². The number of carbonyl (C=O) groups excluding carboxylic acids is 1. The molecule has 0 N–H and O–H groups in total. The van der Waals surface area contributed by atoms with Crippen LogP contribution in [0.1, 0.15) is 35.8 Å². The summed E-state index contributed by atoms with van der Waals surface area (Å²) in [5.41, 5.74) is 3.92. The second kappa shape index (κ2) is 7.53. The van der Waals surface area contributed by atoms with Gasteiger partial charge in [-0.3, -0.25) is 0 Å². The van der Waals surface area contributed by atoms with Crippen LogP contribution in [0, 0.1) is 5.82 Å². The van der Waals surface area contributed by atoms with E-state index >= 15 is 0 Å². The van der Waals surface area contributed by atoms with E-state index in [9.17, 15) is 9.18 Å². The van der Waals surface area contributed by atoms with Crippen molar-refractivity contribution >= 4 is 23.7 Å². The van der Waals surface area contributed by atoms with Crippen molar-refractivity contribution in [1.82, 2.24) is 4.90 Å². The zero-order valence-corrected chi connectivity index (χ0v) is 16.7. The van der Waals surface area contributed by atoms with E-state index in [-0.39, 0.29) is 11.7 Å². The molecule has 3 aliphatic heterocycles. The average molecular weight is 397 g/mol. The van der Waals surface area contributed by atoms with Crippen LogP contribution in [0.4, 0.5) is 10.1 Å². The summed E-state index contributed by atoms with van der Waals surface area (Å²) < 4.78 is 13.2. The Kier molecular flexibility index (Phi) is 4.89. The Labute approximate surface area is 169 Å². The number of hydrogen-bond donors (Lipinski definition) is 0. The standard InChI is InChI=1S/C23H25FN2OS/c24-18-6-4-16(5-7-18)17(15-27)8-10-25-11-9-21-20(14-25)19-2-1-3-22-23(19)26(21)12-13-28-22/h1-7,15,17,20-21H,8-14H2/t17?,20-,21-/m0/s1. The van der Waals surface area contributed by atoms with Gasteiger partial charge in [-0.2, -0.15) is 0 Å². The number of carbonyl (C=O) groups is 1. The van der Waals surface area contributed by atoms with Gasteiger partial charge in [0.1, 0.15) is 12.1 Å². The van der Waals surface area contributed by atoms with Crippen LogP contribution in [0.15, 0.2) is 47.4 Å². The molecule has 0 amide bonds. The van der Waals surface area contributed by atoms with E-state index in [1.165, 1.54) is 40.5 Å². The van der Waals surface area contributed by atoms with Gasteiger partial charge in [-0.05, 0) is 48.7 Å². The first kappa shape index (κ1) is 18.2. The SMILES string of the molecule is O=CC(CCN1CC[C@H]2[C@@H](C1)c1cccc3c1N2CCS3)c1ccc(F)cc1. The summed E-state index contributed by atoms with van der Waals surface area (Å²) in [5.74, 6) is 1.34. The molecule has 1 saturated heterocycles. The number of fused-ring (bicyclic) bond motifs is 3. The fourth-order valence-corrected chi connectivity index (χ4v) is 6.25. The summed E-state index contributed by atoms with van der Waals surface area (Å²) in [4.78, 5) is 18.2. The van der Waals surface area contributed by atoms with Crippen molar-refractivity contribution in [3.05, 3.63) is 59.4 Å². The van der Waals surface area contributed by atoms with Crippen LogP contribution >= 0.6 is 11.8 Å². The normalized spacial score (nSPS) is 24.5. The second-order valence-corrected chi connectivity index (χ2v) is 9.22. The van der Waals surface area contributed by atoms with E-state index < -0.39 is 0 Å². The van der Waals surface area contributed by atoms with Gasteiger partial charge >= 0.3 is 0 Å². The van der Waals surface area contributed by atoms with Gasteiger partial charge in [-0.1, -0.05) is 24.3 Å². The van der Waals surface area contributed by atoms with Gasteiger partial charge in [0.05, 0.1) is 5.69 Å². The lowest BCUT2D eigenvalue weighted by atomic mass is 9.88. The lowest BCUT2D eigenvalue weighted by Gasteiger charge is -2.40. The fourth-order valence-electron chi connectivity index (χ4n) is 5.19. The molecule has 1 unspecified atom stereocenters. The van der Waals surface area contributed by atoms with Crippen molar-refractivity contribution in [2.75, 3.05) is 36.8 Å².